The van der Waals surface area contributed by atoms with Crippen molar-refractivity contribution in [1.29, 1.82) is 0 Å². The summed E-state index contributed by atoms with van der Waals surface area (Å²) in [6, 6.07) is 5.65. The van der Waals surface area contributed by atoms with Gasteiger partial charge in [0.05, 0.1) is 11.9 Å². The van der Waals surface area contributed by atoms with E-state index in [2.05, 4.69) is 10.1 Å². The highest BCUT2D eigenvalue weighted by Crippen LogP contribution is 2.19. The molecule has 0 bridgehead atoms. The Morgan fingerprint density at radius 3 is 2.89 bits per heavy atom. The van der Waals surface area contributed by atoms with Crippen molar-refractivity contribution in [3.8, 4) is 5.75 Å². The minimum Gasteiger partial charge on any atom is -0.484 e. The van der Waals surface area contributed by atoms with E-state index < -0.39 is 0 Å². The zero-order chi connectivity index (χ0) is 13.0. The Balaban J connectivity index is 2.10. The van der Waals surface area contributed by atoms with Gasteiger partial charge >= 0.3 is 0 Å². The fourth-order valence-corrected chi connectivity index (χ4v) is 1.65. The van der Waals surface area contributed by atoms with Crippen molar-refractivity contribution in [3.63, 3.8) is 0 Å². The van der Waals surface area contributed by atoms with Gasteiger partial charge in [-0.05, 0) is 26.0 Å². The van der Waals surface area contributed by atoms with E-state index in [4.69, 9.17) is 15.0 Å². The standard InChI is InChI=1S/C13H17N3O2/c1-9(14)7-12-13(4-3-10(2)16-12)17-8-11-5-6-15-18-11/h3-6,9H,7-8,14H2,1-2H3. The Kier molecular flexibility index (Phi) is 3.94. The second-order valence-electron chi connectivity index (χ2n) is 4.35. The van der Waals surface area contributed by atoms with Crippen molar-refractivity contribution in [3.05, 3.63) is 41.5 Å². The molecule has 5 nitrogen and oxygen atoms in total. The van der Waals surface area contributed by atoms with Crippen LogP contribution in [0.3, 0.4) is 0 Å². The molecule has 2 aromatic heterocycles. The fraction of sp³-hybridized carbons (Fsp3) is 0.385. The fourth-order valence-electron chi connectivity index (χ4n) is 1.65. The van der Waals surface area contributed by atoms with Crippen LogP contribution in [0, 0.1) is 6.92 Å². The minimum absolute atomic E-state index is 0.0481. The number of hydrogen-bond donors (Lipinski definition) is 1. The second-order valence-corrected chi connectivity index (χ2v) is 4.35. The normalized spacial score (nSPS) is 12.4. The molecule has 0 aromatic carbocycles. The van der Waals surface area contributed by atoms with Gasteiger partial charge in [-0.3, -0.25) is 4.98 Å². The summed E-state index contributed by atoms with van der Waals surface area (Å²) in [5, 5.41) is 3.63. The van der Waals surface area contributed by atoms with E-state index in [0.29, 0.717) is 18.8 Å². The predicted octanol–water partition coefficient (Wildman–Crippen LogP) is 1.85. The molecule has 0 saturated carbocycles. The Bertz CT molecular complexity index is 495. The highest BCUT2D eigenvalue weighted by atomic mass is 16.5. The van der Waals surface area contributed by atoms with Crippen LogP contribution in [0.25, 0.3) is 0 Å². The number of aromatic nitrogens is 2. The third-order valence-electron chi connectivity index (χ3n) is 2.45. The summed E-state index contributed by atoms with van der Waals surface area (Å²) in [6.45, 7) is 4.24. The lowest BCUT2D eigenvalue weighted by Gasteiger charge is -2.12. The van der Waals surface area contributed by atoms with E-state index >= 15 is 0 Å². The van der Waals surface area contributed by atoms with Crippen molar-refractivity contribution < 1.29 is 9.26 Å². The monoisotopic (exact) mass is 247 g/mol. The van der Waals surface area contributed by atoms with Gasteiger partial charge in [-0.25, -0.2) is 0 Å². The maximum atomic E-state index is 5.81. The van der Waals surface area contributed by atoms with Crippen LogP contribution in [-0.2, 0) is 13.0 Å². The molecule has 0 aliphatic rings. The number of nitrogens with zero attached hydrogens (tertiary/aromatic N) is 2. The number of ether oxygens (including phenoxy) is 1. The lowest BCUT2D eigenvalue weighted by molar-refractivity contribution is 0.246. The van der Waals surface area contributed by atoms with E-state index in [1.54, 1.807) is 12.3 Å². The van der Waals surface area contributed by atoms with Gasteiger partial charge in [-0.15, -0.1) is 0 Å². The Labute approximate surface area is 106 Å². The van der Waals surface area contributed by atoms with E-state index in [1.807, 2.05) is 26.0 Å². The third-order valence-corrected chi connectivity index (χ3v) is 2.45. The van der Waals surface area contributed by atoms with Gasteiger partial charge in [0.25, 0.3) is 0 Å². The molecule has 1 atom stereocenters. The first-order valence-electron chi connectivity index (χ1n) is 5.89. The lowest BCUT2D eigenvalue weighted by Crippen LogP contribution is -2.19. The van der Waals surface area contributed by atoms with E-state index in [9.17, 15) is 0 Å². The molecule has 2 heterocycles. The zero-order valence-electron chi connectivity index (χ0n) is 10.6. The van der Waals surface area contributed by atoms with Crippen LogP contribution in [0.4, 0.5) is 0 Å². The molecule has 0 saturated heterocycles. The Morgan fingerprint density at radius 1 is 1.39 bits per heavy atom. The summed E-state index contributed by atoms with van der Waals surface area (Å²) in [4.78, 5) is 4.46. The van der Waals surface area contributed by atoms with Crippen LogP contribution in [0.1, 0.15) is 24.1 Å². The molecular weight excluding hydrogens is 230 g/mol. The quantitative estimate of drug-likeness (QED) is 0.872. The molecule has 1 unspecified atom stereocenters. The Hall–Kier alpha value is -1.88. The van der Waals surface area contributed by atoms with Crippen LogP contribution in [-0.4, -0.2) is 16.2 Å². The number of rotatable bonds is 5. The largest absolute Gasteiger partial charge is 0.484 e. The van der Waals surface area contributed by atoms with Gasteiger partial charge < -0.3 is 15.0 Å². The number of hydrogen-bond acceptors (Lipinski definition) is 5. The molecule has 2 rings (SSSR count). The van der Waals surface area contributed by atoms with Gasteiger partial charge in [-0.2, -0.15) is 0 Å². The topological polar surface area (TPSA) is 74.2 Å². The van der Waals surface area contributed by atoms with Gasteiger partial charge in [0.1, 0.15) is 12.4 Å². The van der Waals surface area contributed by atoms with Gasteiger partial charge in [0.15, 0.2) is 5.76 Å². The van der Waals surface area contributed by atoms with Crippen molar-refractivity contribution >= 4 is 0 Å². The summed E-state index contributed by atoms with van der Waals surface area (Å²) in [6.07, 6.45) is 2.28. The summed E-state index contributed by atoms with van der Waals surface area (Å²) in [5.41, 5.74) is 7.65. The van der Waals surface area contributed by atoms with Crippen LogP contribution >= 0.6 is 0 Å². The van der Waals surface area contributed by atoms with Crippen LogP contribution in [0.15, 0.2) is 28.9 Å². The highest BCUT2D eigenvalue weighted by Gasteiger charge is 2.09. The SMILES string of the molecule is Cc1ccc(OCc2ccno2)c(CC(C)N)n1. The van der Waals surface area contributed by atoms with Gasteiger partial charge in [-0.1, -0.05) is 5.16 Å². The maximum Gasteiger partial charge on any atom is 0.174 e. The van der Waals surface area contributed by atoms with Crippen molar-refractivity contribution in [2.45, 2.75) is 32.9 Å². The maximum absolute atomic E-state index is 5.81. The smallest absolute Gasteiger partial charge is 0.174 e. The van der Waals surface area contributed by atoms with Crippen LogP contribution < -0.4 is 10.5 Å². The molecule has 0 fully saturated rings. The average molecular weight is 247 g/mol. The molecule has 0 aliphatic heterocycles. The van der Waals surface area contributed by atoms with Gasteiger partial charge in [0, 0.05) is 24.2 Å². The van der Waals surface area contributed by atoms with Crippen molar-refractivity contribution in [1.82, 2.24) is 10.1 Å². The number of aryl methyl sites for hydroxylation is 1. The van der Waals surface area contributed by atoms with Crippen molar-refractivity contribution in [2.75, 3.05) is 0 Å². The summed E-state index contributed by atoms with van der Waals surface area (Å²) >= 11 is 0. The summed E-state index contributed by atoms with van der Waals surface area (Å²) in [7, 11) is 0. The molecule has 2 aromatic rings. The van der Waals surface area contributed by atoms with E-state index in [-0.39, 0.29) is 6.04 Å². The average Bonchev–Trinajstić information content (AvgIpc) is 2.80. The third kappa shape index (κ3) is 3.30. The molecular formula is C13H17N3O2. The zero-order valence-corrected chi connectivity index (χ0v) is 10.6. The molecule has 96 valence electrons. The summed E-state index contributed by atoms with van der Waals surface area (Å²) in [5.74, 6) is 1.43. The van der Waals surface area contributed by atoms with Crippen LogP contribution in [0.2, 0.25) is 0 Å². The second kappa shape index (κ2) is 5.64. The number of pyridine rings is 1. The Morgan fingerprint density at radius 2 is 2.22 bits per heavy atom. The first kappa shape index (κ1) is 12.6. The van der Waals surface area contributed by atoms with E-state index in [1.165, 1.54) is 0 Å². The molecule has 0 radical (unpaired) electrons. The molecule has 0 aliphatic carbocycles. The number of nitrogens with two attached hydrogens (primary N) is 1. The van der Waals surface area contributed by atoms with Gasteiger partial charge in [0.2, 0.25) is 0 Å². The summed E-state index contributed by atoms with van der Waals surface area (Å²) < 4.78 is 10.7. The first-order chi connectivity index (χ1) is 8.65. The molecule has 0 amide bonds. The molecule has 18 heavy (non-hydrogen) atoms. The molecule has 0 spiro atoms. The molecule has 2 N–H and O–H groups in total. The predicted molar refractivity (Wildman–Crippen MR) is 67.2 cm³/mol. The highest BCUT2D eigenvalue weighted by molar-refractivity contribution is 5.30. The van der Waals surface area contributed by atoms with Crippen LogP contribution in [0.5, 0.6) is 5.75 Å². The van der Waals surface area contributed by atoms with E-state index in [0.717, 1.165) is 17.1 Å². The molecule has 5 heteroatoms. The first-order valence-corrected chi connectivity index (χ1v) is 5.89. The minimum atomic E-state index is 0.0481. The van der Waals surface area contributed by atoms with Crippen molar-refractivity contribution in [2.24, 2.45) is 5.73 Å². The lowest BCUT2D eigenvalue weighted by atomic mass is 10.1.